The molecule has 2 fully saturated rings. The van der Waals surface area contributed by atoms with E-state index in [9.17, 15) is 14.4 Å². The van der Waals surface area contributed by atoms with Crippen molar-refractivity contribution in [2.24, 2.45) is 5.92 Å². The summed E-state index contributed by atoms with van der Waals surface area (Å²) in [5.74, 6) is -1.04. The van der Waals surface area contributed by atoms with Crippen molar-refractivity contribution in [1.29, 1.82) is 0 Å². The van der Waals surface area contributed by atoms with E-state index in [4.69, 9.17) is 5.11 Å². The van der Waals surface area contributed by atoms with Gasteiger partial charge in [-0.15, -0.1) is 0 Å². The number of methoxy groups -OCH3 is 1. The van der Waals surface area contributed by atoms with Gasteiger partial charge in [-0.3, -0.25) is 4.79 Å². The number of carbonyl (C=O) groups excluding carboxylic acids is 2. The number of hydrogen-bond donors (Lipinski definition) is 2. The van der Waals surface area contributed by atoms with Crippen LogP contribution in [0, 0.1) is 5.92 Å². The number of nitrogens with one attached hydrogen (secondary N) is 1. The van der Waals surface area contributed by atoms with Crippen LogP contribution in [0.5, 0.6) is 0 Å². The summed E-state index contributed by atoms with van der Waals surface area (Å²) in [6, 6.07) is -1.14. The Bertz CT molecular complexity index is 418. The molecule has 118 valence electrons. The molecule has 21 heavy (non-hydrogen) atoms. The number of aliphatic carboxylic acids is 1. The van der Waals surface area contributed by atoms with Gasteiger partial charge in [0.05, 0.1) is 7.11 Å². The third kappa shape index (κ3) is 4.91. The molecule has 2 saturated carbocycles. The number of esters is 1. The summed E-state index contributed by atoms with van der Waals surface area (Å²) in [4.78, 5) is 36.3. The highest BCUT2D eigenvalue weighted by molar-refractivity contribution is 5.83. The SMILES string of the molecule is COC(=O)CC[C@@H](NC(=O)N(CC1CC1)C1CC1)C(=O)O. The highest BCUT2D eigenvalue weighted by Gasteiger charge is 2.37. The number of ether oxygens (including phenoxy) is 1. The summed E-state index contributed by atoms with van der Waals surface area (Å²) in [5, 5.41) is 11.7. The van der Waals surface area contributed by atoms with E-state index in [1.807, 2.05) is 0 Å². The Morgan fingerprint density at radius 2 is 1.95 bits per heavy atom. The fourth-order valence-electron chi connectivity index (χ4n) is 2.22. The van der Waals surface area contributed by atoms with Crippen LogP contribution in [0.15, 0.2) is 0 Å². The lowest BCUT2D eigenvalue weighted by Crippen LogP contribution is -2.49. The molecule has 0 aliphatic heterocycles. The fourth-order valence-corrected chi connectivity index (χ4v) is 2.22. The van der Waals surface area contributed by atoms with Crippen molar-refractivity contribution in [2.45, 2.75) is 50.6 Å². The van der Waals surface area contributed by atoms with Gasteiger partial charge in [-0.1, -0.05) is 0 Å². The molecule has 2 aliphatic rings. The lowest BCUT2D eigenvalue weighted by atomic mass is 10.1. The quantitative estimate of drug-likeness (QED) is 0.651. The monoisotopic (exact) mass is 298 g/mol. The summed E-state index contributed by atoms with van der Waals surface area (Å²) in [7, 11) is 1.25. The average Bonchev–Trinajstić information content (AvgIpc) is 3.32. The molecule has 0 radical (unpaired) electrons. The molecule has 0 aromatic carbocycles. The minimum atomic E-state index is -1.13. The van der Waals surface area contributed by atoms with Crippen LogP contribution in [0.1, 0.15) is 38.5 Å². The van der Waals surface area contributed by atoms with Crippen molar-refractivity contribution >= 4 is 18.0 Å². The van der Waals surface area contributed by atoms with Gasteiger partial charge in [0.2, 0.25) is 0 Å². The molecule has 0 bridgehead atoms. The van der Waals surface area contributed by atoms with Crippen LogP contribution in [0.3, 0.4) is 0 Å². The molecule has 1 atom stereocenters. The smallest absolute Gasteiger partial charge is 0.326 e. The van der Waals surface area contributed by atoms with E-state index in [1.54, 1.807) is 4.90 Å². The molecule has 2 amide bonds. The molecule has 2 aliphatic carbocycles. The van der Waals surface area contributed by atoms with Gasteiger partial charge in [0.15, 0.2) is 0 Å². The minimum Gasteiger partial charge on any atom is -0.480 e. The molecule has 2 N–H and O–H groups in total. The van der Waals surface area contributed by atoms with Gasteiger partial charge in [0.25, 0.3) is 0 Å². The first-order valence-corrected chi connectivity index (χ1v) is 7.38. The van der Waals surface area contributed by atoms with Crippen molar-refractivity contribution in [2.75, 3.05) is 13.7 Å². The molecule has 2 rings (SSSR count). The third-order valence-corrected chi connectivity index (χ3v) is 3.86. The zero-order chi connectivity index (χ0) is 15.4. The lowest BCUT2D eigenvalue weighted by Gasteiger charge is -2.25. The maximum Gasteiger partial charge on any atom is 0.326 e. The van der Waals surface area contributed by atoms with Crippen molar-refractivity contribution in [1.82, 2.24) is 10.2 Å². The first-order valence-electron chi connectivity index (χ1n) is 7.38. The number of rotatable bonds is 8. The van der Waals surface area contributed by atoms with Crippen LogP contribution in [0.4, 0.5) is 4.79 Å². The van der Waals surface area contributed by atoms with Gasteiger partial charge < -0.3 is 20.1 Å². The summed E-state index contributed by atoms with van der Waals surface area (Å²) in [5.41, 5.74) is 0. The van der Waals surface area contributed by atoms with E-state index in [0.717, 1.165) is 25.7 Å². The maximum atomic E-state index is 12.3. The van der Waals surface area contributed by atoms with Crippen molar-refractivity contribution in [3.8, 4) is 0 Å². The van der Waals surface area contributed by atoms with Crippen LogP contribution in [-0.4, -0.2) is 53.7 Å². The highest BCUT2D eigenvalue weighted by atomic mass is 16.5. The largest absolute Gasteiger partial charge is 0.480 e. The highest BCUT2D eigenvalue weighted by Crippen LogP contribution is 2.34. The van der Waals surface area contributed by atoms with Gasteiger partial charge in [0.1, 0.15) is 6.04 Å². The van der Waals surface area contributed by atoms with E-state index in [-0.39, 0.29) is 24.9 Å². The minimum absolute atomic E-state index is 0.0280. The average molecular weight is 298 g/mol. The van der Waals surface area contributed by atoms with Gasteiger partial charge in [0, 0.05) is 19.0 Å². The number of carboxylic acids is 1. The van der Waals surface area contributed by atoms with Crippen LogP contribution >= 0.6 is 0 Å². The number of carboxylic acid groups (broad SMARTS) is 1. The molecule has 0 aromatic rings. The Hall–Kier alpha value is -1.79. The molecular weight excluding hydrogens is 276 g/mol. The molecule has 0 saturated heterocycles. The number of hydrogen-bond acceptors (Lipinski definition) is 4. The van der Waals surface area contributed by atoms with Crippen LogP contribution in [0.2, 0.25) is 0 Å². The first-order chi connectivity index (χ1) is 10.0. The van der Waals surface area contributed by atoms with Crippen LogP contribution in [0.25, 0.3) is 0 Å². The summed E-state index contributed by atoms with van der Waals surface area (Å²) in [6.07, 6.45) is 4.26. The van der Waals surface area contributed by atoms with Crippen molar-refractivity contribution < 1.29 is 24.2 Å². The second-order valence-corrected chi connectivity index (χ2v) is 5.78. The zero-order valence-electron chi connectivity index (χ0n) is 12.2. The van der Waals surface area contributed by atoms with Crippen molar-refractivity contribution in [3.05, 3.63) is 0 Å². The molecule has 7 heteroatoms. The van der Waals surface area contributed by atoms with Gasteiger partial charge in [-0.25, -0.2) is 9.59 Å². The van der Waals surface area contributed by atoms with Gasteiger partial charge in [-0.05, 0) is 38.0 Å². The van der Waals surface area contributed by atoms with E-state index in [2.05, 4.69) is 10.1 Å². The topological polar surface area (TPSA) is 95.9 Å². The Kier molecular flexibility index (Phi) is 5.03. The predicted octanol–water partition coefficient (Wildman–Crippen LogP) is 0.977. The number of nitrogens with zero attached hydrogens (tertiary/aromatic N) is 1. The Morgan fingerprint density at radius 3 is 2.43 bits per heavy atom. The van der Waals surface area contributed by atoms with E-state index < -0.39 is 18.0 Å². The molecule has 0 unspecified atom stereocenters. The maximum absolute atomic E-state index is 12.3. The van der Waals surface area contributed by atoms with Crippen LogP contribution in [-0.2, 0) is 14.3 Å². The lowest BCUT2D eigenvalue weighted by molar-refractivity contribution is -0.142. The normalized spacial score (nSPS) is 18.7. The van der Waals surface area contributed by atoms with E-state index in [0.29, 0.717) is 12.5 Å². The number of carbonyl (C=O) groups is 3. The van der Waals surface area contributed by atoms with Gasteiger partial charge in [-0.2, -0.15) is 0 Å². The Labute approximate surface area is 123 Å². The summed E-state index contributed by atoms with van der Waals surface area (Å²) >= 11 is 0. The van der Waals surface area contributed by atoms with E-state index in [1.165, 1.54) is 7.11 Å². The second-order valence-electron chi connectivity index (χ2n) is 5.78. The molecule has 0 spiro atoms. The number of amides is 2. The summed E-state index contributed by atoms with van der Waals surface area (Å²) < 4.78 is 4.49. The molecular formula is C14H22N2O5. The zero-order valence-corrected chi connectivity index (χ0v) is 12.2. The Balaban J connectivity index is 1.86. The summed E-state index contributed by atoms with van der Waals surface area (Å²) in [6.45, 7) is 0.708. The fraction of sp³-hybridized carbons (Fsp3) is 0.786. The second kappa shape index (κ2) is 6.78. The molecule has 0 heterocycles. The van der Waals surface area contributed by atoms with E-state index >= 15 is 0 Å². The van der Waals surface area contributed by atoms with Crippen LogP contribution < -0.4 is 5.32 Å². The van der Waals surface area contributed by atoms with Crippen molar-refractivity contribution in [3.63, 3.8) is 0 Å². The first kappa shape index (κ1) is 15.6. The predicted molar refractivity (Wildman–Crippen MR) is 73.7 cm³/mol. The molecule has 0 aromatic heterocycles. The standard InChI is InChI=1S/C14H22N2O5/c1-21-12(17)7-6-11(13(18)19)15-14(20)16(10-4-5-10)8-9-2-3-9/h9-11H,2-8H2,1H3,(H,15,20)(H,18,19)/t11-/m1/s1. The molecule has 7 nitrogen and oxygen atoms in total. The Morgan fingerprint density at radius 1 is 1.29 bits per heavy atom. The number of urea groups is 1. The third-order valence-electron chi connectivity index (χ3n) is 3.86. The van der Waals surface area contributed by atoms with Gasteiger partial charge >= 0.3 is 18.0 Å².